The first-order valence-corrected chi connectivity index (χ1v) is 6.67. The van der Waals surface area contributed by atoms with Crippen LogP contribution in [0.5, 0.6) is 5.75 Å². The van der Waals surface area contributed by atoms with Gasteiger partial charge in [0.1, 0.15) is 11.6 Å². The molecule has 2 N–H and O–H groups in total. The standard InChI is InChI=1S/C15H16ClFN2O/c1-9(2)20-12-5-10(7-19-8-12)15(18)13-4-3-11(16)6-14(13)17/h3-9,15H,18H2,1-2H3. The fourth-order valence-corrected chi connectivity index (χ4v) is 2.03. The van der Waals surface area contributed by atoms with Crippen LogP contribution < -0.4 is 10.5 Å². The third-order valence-electron chi connectivity index (χ3n) is 2.76. The van der Waals surface area contributed by atoms with E-state index in [1.54, 1.807) is 30.6 Å². The van der Waals surface area contributed by atoms with E-state index in [-0.39, 0.29) is 6.10 Å². The monoisotopic (exact) mass is 294 g/mol. The van der Waals surface area contributed by atoms with E-state index in [1.165, 1.54) is 6.07 Å². The van der Waals surface area contributed by atoms with Crippen LogP contribution in [-0.2, 0) is 0 Å². The Balaban J connectivity index is 2.30. The van der Waals surface area contributed by atoms with Gasteiger partial charge in [-0.05, 0) is 37.6 Å². The predicted molar refractivity (Wildman–Crippen MR) is 77.4 cm³/mol. The van der Waals surface area contributed by atoms with E-state index in [2.05, 4.69) is 4.98 Å². The van der Waals surface area contributed by atoms with E-state index in [1.807, 2.05) is 13.8 Å². The molecule has 0 aliphatic carbocycles. The minimum atomic E-state index is -0.615. The molecule has 1 heterocycles. The average molecular weight is 295 g/mol. The number of rotatable bonds is 4. The topological polar surface area (TPSA) is 48.1 Å². The van der Waals surface area contributed by atoms with Gasteiger partial charge < -0.3 is 10.5 Å². The highest BCUT2D eigenvalue weighted by atomic mass is 35.5. The van der Waals surface area contributed by atoms with Crippen LogP contribution in [0.4, 0.5) is 4.39 Å². The molecule has 0 bridgehead atoms. The molecule has 2 rings (SSSR count). The maximum absolute atomic E-state index is 13.9. The van der Waals surface area contributed by atoms with Gasteiger partial charge in [0.05, 0.1) is 18.3 Å². The van der Waals surface area contributed by atoms with Crippen LogP contribution in [-0.4, -0.2) is 11.1 Å². The number of pyridine rings is 1. The summed E-state index contributed by atoms with van der Waals surface area (Å²) in [6.45, 7) is 3.84. The lowest BCUT2D eigenvalue weighted by atomic mass is 10.0. The van der Waals surface area contributed by atoms with Gasteiger partial charge >= 0.3 is 0 Å². The van der Waals surface area contributed by atoms with Crippen molar-refractivity contribution in [3.63, 3.8) is 0 Å². The van der Waals surface area contributed by atoms with Crippen molar-refractivity contribution in [2.45, 2.75) is 26.0 Å². The third kappa shape index (κ3) is 3.46. The molecule has 0 aliphatic rings. The summed E-state index contributed by atoms with van der Waals surface area (Å²) >= 11 is 5.74. The summed E-state index contributed by atoms with van der Waals surface area (Å²) in [7, 11) is 0. The third-order valence-corrected chi connectivity index (χ3v) is 3.00. The molecular weight excluding hydrogens is 279 g/mol. The Morgan fingerprint density at radius 2 is 2.00 bits per heavy atom. The zero-order valence-electron chi connectivity index (χ0n) is 11.3. The summed E-state index contributed by atoms with van der Waals surface area (Å²) in [6, 6.07) is 5.60. The Morgan fingerprint density at radius 1 is 1.25 bits per heavy atom. The highest BCUT2D eigenvalue weighted by Crippen LogP contribution is 2.26. The van der Waals surface area contributed by atoms with Crippen molar-refractivity contribution in [2.24, 2.45) is 5.73 Å². The Bertz CT molecular complexity index is 604. The van der Waals surface area contributed by atoms with Crippen LogP contribution >= 0.6 is 11.6 Å². The van der Waals surface area contributed by atoms with Gasteiger partial charge in [-0.3, -0.25) is 4.98 Å². The van der Waals surface area contributed by atoms with Crippen LogP contribution in [0.3, 0.4) is 0 Å². The minimum Gasteiger partial charge on any atom is -0.489 e. The molecule has 0 saturated carbocycles. The maximum Gasteiger partial charge on any atom is 0.138 e. The first-order valence-electron chi connectivity index (χ1n) is 6.29. The van der Waals surface area contributed by atoms with Gasteiger partial charge in [0, 0.05) is 16.8 Å². The molecule has 20 heavy (non-hydrogen) atoms. The second kappa shape index (κ2) is 6.20. The van der Waals surface area contributed by atoms with Crippen molar-refractivity contribution in [3.05, 3.63) is 58.6 Å². The van der Waals surface area contributed by atoms with Gasteiger partial charge in [0.25, 0.3) is 0 Å². The van der Waals surface area contributed by atoms with Crippen molar-refractivity contribution in [1.29, 1.82) is 0 Å². The highest BCUT2D eigenvalue weighted by molar-refractivity contribution is 6.30. The lowest BCUT2D eigenvalue weighted by Gasteiger charge is -2.15. The lowest BCUT2D eigenvalue weighted by molar-refractivity contribution is 0.241. The van der Waals surface area contributed by atoms with Crippen LogP contribution in [0, 0.1) is 5.82 Å². The first kappa shape index (κ1) is 14.8. The van der Waals surface area contributed by atoms with E-state index < -0.39 is 11.9 Å². The van der Waals surface area contributed by atoms with Crippen LogP contribution in [0.2, 0.25) is 5.02 Å². The van der Waals surface area contributed by atoms with Gasteiger partial charge in [-0.2, -0.15) is 0 Å². The molecule has 3 nitrogen and oxygen atoms in total. The number of hydrogen-bond acceptors (Lipinski definition) is 3. The Morgan fingerprint density at radius 3 is 2.65 bits per heavy atom. The molecule has 1 aromatic heterocycles. The van der Waals surface area contributed by atoms with E-state index in [4.69, 9.17) is 22.1 Å². The molecule has 5 heteroatoms. The zero-order valence-corrected chi connectivity index (χ0v) is 12.1. The zero-order chi connectivity index (χ0) is 14.7. The second-order valence-corrected chi connectivity index (χ2v) is 5.20. The Hall–Kier alpha value is -1.65. The molecule has 0 saturated heterocycles. The largest absolute Gasteiger partial charge is 0.489 e. The predicted octanol–water partition coefficient (Wildman–Crippen LogP) is 3.71. The van der Waals surface area contributed by atoms with Crippen LogP contribution in [0.25, 0.3) is 0 Å². The Kier molecular flexibility index (Phi) is 4.57. The number of nitrogens with two attached hydrogens (primary N) is 1. The van der Waals surface area contributed by atoms with Gasteiger partial charge in [-0.25, -0.2) is 4.39 Å². The molecule has 2 aromatic rings. The molecule has 0 radical (unpaired) electrons. The number of hydrogen-bond donors (Lipinski definition) is 1. The smallest absolute Gasteiger partial charge is 0.138 e. The van der Waals surface area contributed by atoms with Crippen molar-refractivity contribution in [1.82, 2.24) is 4.98 Å². The SMILES string of the molecule is CC(C)Oc1cncc(C(N)c2ccc(Cl)cc2F)c1. The molecule has 1 aromatic carbocycles. The quantitative estimate of drug-likeness (QED) is 0.935. The summed E-state index contributed by atoms with van der Waals surface area (Å²) < 4.78 is 19.4. The summed E-state index contributed by atoms with van der Waals surface area (Å²) in [5, 5.41) is 0.341. The molecule has 1 atom stereocenters. The van der Waals surface area contributed by atoms with E-state index in [9.17, 15) is 4.39 Å². The molecule has 1 unspecified atom stereocenters. The molecule has 106 valence electrons. The van der Waals surface area contributed by atoms with Crippen molar-refractivity contribution in [2.75, 3.05) is 0 Å². The van der Waals surface area contributed by atoms with Gasteiger partial charge in [0.15, 0.2) is 0 Å². The molecule has 0 amide bonds. The molecule has 0 fully saturated rings. The van der Waals surface area contributed by atoms with Gasteiger partial charge in [-0.1, -0.05) is 17.7 Å². The highest BCUT2D eigenvalue weighted by Gasteiger charge is 2.15. The van der Waals surface area contributed by atoms with Crippen molar-refractivity contribution < 1.29 is 9.13 Å². The fraction of sp³-hybridized carbons (Fsp3) is 0.267. The summed E-state index contributed by atoms with van der Waals surface area (Å²) in [5.74, 6) is 0.183. The van der Waals surface area contributed by atoms with Crippen LogP contribution in [0.1, 0.15) is 31.0 Å². The fourth-order valence-electron chi connectivity index (χ4n) is 1.88. The second-order valence-electron chi connectivity index (χ2n) is 4.76. The number of halogens is 2. The molecule has 0 spiro atoms. The van der Waals surface area contributed by atoms with E-state index in [0.29, 0.717) is 21.9 Å². The number of benzene rings is 1. The maximum atomic E-state index is 13.9. The Labute approximate surface area is 122 Å². The van der Waals surface area contributed by atoms with Crippen molar-refractivity contribution in [3.8, 4) is 5.75 Å². The van der Waals surface area contributed by atoms with Crippen molar-refractivity contribution >= 4 is 11.6 Å². The van der Waals surface area contributed by atoms with E-state index in [0.717, 1.165) is 0 Å². The average Bonchev–Trinajstić information content (AvgIpc) is 2.37. The summed E-state index contributed by atoms with van der Waals surface area (Å²) in [4.78, 5) is 4.08. The summed E-state index contributed by atoms with van der Waals surface area (Å²) in [6.07, 6.45) is 3.25. The van der Waals surface area contributed by atoms with Gasteiger partial charge in [0.2, 0.25) is 0 Å². The van der Waals surface area contributed by atoms with Gasteiger partial charge in [-0.15, -0.1) is 0 Å². The number of ether oxygens (including phenoxy) is 1. The lowest BCUT2D eigenvalue weighted by Crippen LogP contribution is -2.14. The van der Waals surface area contributed by atoms with E-state index >= 15 is 0 Å². The number of nitrogens with zero attached hydrogens (tertiary/aromatic N) is 1. The summed E-state index contributed by atoms with van der Waals surface area (Å²) in [5.41, 5.74) is 7.15. The number of aromatic nitrogens is 1. The molecule has 0 aliphatic heterocycles. The van der Waals surface area contributed by atoms with Crippen LogP contribution in [0.15, 0.2) is 36.7 Å². The molecular formula is C15H16ClFN2O. The minimum absolute atomic E-state index is 0.0375. The first-order chi connectivity index (χ1) is 9.47. The normalized spacial score (nSPS) is 12.5.